The van der Waals surface area contributed by atoms with Crippen LogP contribution in [-0.4, -0.2) is 31.7 Å². The van der Waals surface area contributed by atoms with Crippen LogP contribution >= 0.6 is 23.2 Å². The molecule has 29 heavy (non-hydrogen) atoms. The van der Waals surface area contributed by atoms with E-state index in [4.69, 9.17) is 23.2 Å². The van der Waals surface area contributed by atoms with Gasteiger partial charge in [0.05, 0.1) is 27.8 Å². The lowest BCUT2D eigenvalue weighted by Crippen LogP contribution is -2.46. The minimum atomic E-state index is -3.56. The molecule has 1 aliphatic rings. The molecule has 1 saturated heterocycles. The summed E-state index contributed by atoms with van der Waals surface area (Å²) in [4.78, 5) is 12.7. The Balaban J connectivity index is 1.64. The van der Waals surface area contributed by atoms with E-state index in [9.17, 15) is 13.2 Å². The molecule has 156 valence electrons. The highest BCUT2D eigenvalue weighted by molar-refractivity contribution is 7.88. The first-order valence-corrected chi connectivity index (χ1v) is 11.9. The Bertz CT molecular complexity index is 967. The van der Waals surface area contributed by atoms with E-state index < -0.39 is 10.0 Å². The summed E-state index contributed by atoms with van der Waals surface area (Å²) >= 11 is 11.9. The Kier molecular flexibility index (Phi) is 7.22. The zero-order valence-electron chi connectivity index (χ0n) is 16.1. The molecule has 0 radical (unpaired) electrons. The van der Waals surface area contributed by atoms with Crippen LogP contribution in [0, 0.1) is 5.92 Å². The van der Waals surface area contributed by atoms with Crippen LogP contribution in [0.1, 0.15) is 36.9 Å². The molecular formula is C21H24Cl2N2O3S. The number of halogens is 2. The van der Waals surface area contributed by atoms with Crippen LogP contribution in [0.3, 0.4) is 0 Å². The third-order valence-corrected chi connectivity index (χ3v) is 7.70. The van der Waals surface area contributed by atoms with Crippen molar-refractivity contribution in [2.45, 2.75) is 31.6 Å². The van der Waals surface area contributed by atoms with Crippen LogP contribution in [0.2, 0.25) is 10.0 Å². The molecule has 1 fully saturated rings. The van der Waals surface area contributed by atoms with Gasteiger partial charge >= 0.3 is 0 Å². The van der Waals surface area contributed by atoms with Crippen LogP contribution in [0.15, 0.2) is 48.5 Å². The Hall–Kier alpha value is -1.60. The summed E-state index contributed by atoms with van der Waals surface area (Å²) < 4.78 is 27.2. The Morgan fingerprint density at radius 3 is 2.59 bits per heavy atom. The van der Waals surface area contributed by atoms with E-state index in [1.54, 1.807) is 18.2 Å². The van der Waals surface area contributed by atoms with E-state index in [2.05, 4.69) is 5.32 Å². The molecule has 1 aliphatic heterocycles. The number of amides is 1. The number of carbonyl (C=O) groups excluding carboxylic acids is 1. The van der Waals surface area contributed by atoms with Crippen molar-refractivity contribution in [3.63, 3.8) is 0 Å². The highest BCUT2D eigenvalue weighted by Gasteiger charge is 2.33. The number of rotatable bonds is 6. The van der Waals surface area contributed by atoms with Gasteiger partial charge in [-0.25, -0.2) is 12.7 Å². The van der Waals surface area contributed by atoms with E-state index in [0.29, 0.717) is 35.0 Å². The van der Waals surface area contributed by atoms with Crippen LogP contribution in [0.4, 0.5) is 0 Å². The molecule has 5 nitrogen and oxygen atoms in total. The lowest BCUT2D eigenvalue weighted by molar-refractivity contribution is -0.126. The molecule has 1 N–H and O–H groups in total. The summed E-state index contributed by atoms with van der Waals surface area (Å²) in [5.74, 6) is -0.646. The van der Waals surface area contributed by atoms with Crippen molar-refractivity contribution in [1.29, 1.82) is 0 Å². The topological polar surface area (TPSA) is 66.5 Å². The molecule has 0 spiro atoms. The molecule has 0 unspecified atom stereocenters. The first-order valence-electron chi connectivity index (χ1n) is 9.53. The zero-order chi connectivity index (χ0) is 21.0. The molecule has 2 aromatic rings. The number of benzene rings is 2. The first-order chi connectivity index (χ1) is 13.8. The maximum atomic E-state index is 12.9. The number of hydrogen-bond donors (Lipinski definition) is 1. The summed E-state index contributed by atoms with van der Waals surface area (Å²) in [6.45, 7) is 2.54. The third kappa shape index (κ3) is 5.72. The fourth-order valence-electron chi connectivity index (χ4n) is 3.50. The predicted octanol–water partition coefficient (Wildman–Crippen LogP) is 4.41. The van der Waals surface area contributed by atoms with Crippen molar-refractivity contribution >= 4 is 39.1 Å². The zero-order valence-corrected chi connectivity index (χ0v) is 18.5. The fraction of sp³-hybridized carbons (Fsp3) is 0.381. The van der Waals surface area contributed by atoms with E-state index in [0.717, 1.165) is 5.56 Å². The quantitative estimate of drug-likeness (QED) is 0.702. The minimum absolute atomic E-state index is 0.115. The SMILES string of the molecule is C[C@@H](NC(=O)[C@H]1CCCN(S(=O)(=O)Cc2ccc(Cl)c(Cl)c2)C1)c1ccccc1. The predicted molar refractivity (Wildman–Crippen MR) is 116 cm³/mol. The lowest BCUT2D eigenvalue weighted by atomic mass is 9.98. The number of carbonyl (C=O) groups is 1. The molecule has 8 heteroatoms. The van der Waals surface area contributed by atoms with Crippen molar-refractivity contribution < 1.29 is 13.2 Å². The Labute approximate surface area is 182 Å². The van der Waals surface area contributed by atoms with Crippen molar-refractivity contribution in [2.75, 3.05) is 13.1 Å². The second-order valence-corrected chi connectivity index (χ2v) is 10.1. The Morgan fingerprint density at radius 1 is 1.17 bits per heavy atom. The van der Waals surface area contributed by atoms with Crippen LogP contribution in [-0.2, 0) is 20.6 Å². The molecule has 1 heterocycles. The average molecular weight is 455 g/mol. The standard InChI is InChI=1S/C21H24Cl2N2O3S/c1-15(17-6-3-2-4-7-17)24-21(26)18-8-5-11-25(13-18)29(27,28)14-16-9-10-19(22)20(23)12-16/h2-4,6-7,9-10,12,15,18H,5,8,11,13-14H2,1H3,(H,24,26)/t15-,18+/m1/s1. The van der Waals surface area contributed by atoms with Crippen molar-refractivity contribution in [3.05, 3.63) is 69.7 Å². The summed E-state index contributed by atoms with van der Waals surface area (Å²) in [5, 5.41) is 3.72. The monoisotopic (exact) mass is 454 g/mol. The summed E-state index contributed by atoms with van der Waals surface area (Å²) in [6.07, 6.45) is 1.32. The summed E-state index contributed by atoms with van der Waals surface area (Å²) in [5.41, 5.74) is 1.59. The molecule has 0 bridgehead atoms. The highest BCUT2D eigenvalue weighted by atomic mass is 35.5. The second kappa shape index (κ2) is 9.47. The van der Waals surface area contributed by atoms with Gasteiger partial charge in [0.2, 0.25) is 15.9 Å². The maximum Gasteiger partial charge on any atom is 0.224 e. The van der Waals surface area contributed by atoms with Gasteiger partial charge < -0.3 is 5.32 Å². The molecule has 0 saturated carbocycles. The van der Waals surface area contributed by atoms with Gasteiger partial charge in [0.1, 0.15) is 0 Å². The van der Waals surface area contributed by atoms with Gasteiger partial charge in [0.25, 0.3) is 0 Å². The normalized spacial score (nSPS) is 18.9. The Morgan fingerprint density at radius 2 is 1.90 bits per heavy atom. The molecule has 0 aliphatic carbocycles. The van der Waals surface area contributed by atoms with E-state index in [-0.39, 0.29) is 30.2 Å². The molecule has 2 aromatic carbocycles. The largest absolute Gasteiger partial charge is 0.349 e. The fourth-order valence-corrected chi connectivity index (χ4v) is 5.42. The third-order valence-electron chi connectivity index (χ3n) is 5.14. The first kappa shape index (κ1) is 22.1. The van der Waals surface area contributed by atoms with Gasteiger partial charge in [0, 0.05) is 13.1 Å². The van der Waals surface area contributed by atoms with Crippen LogP contribution in [0.25, 0.3) is 0 Å². The molecule has 1 amide bonds. The number of piperidine rings is 1. The van der Waals surface area contributed by atoms with Crippen molar-refractivity contribution in [3.8, 4) is 0 Å². The van der Waals surface area contributed by atoms with Crippen molar-refractivity contribution in [1.82, 2.24) is 9.62 Å². The summed E-state index contributed by atoms with van der Waals surface area (Å²) in [7, 11) is -3.56. The smallest absolute Gasteiger partial charge is 0.224 e. The average Bonchev–Trinajstić information content (AvgIpc) is 2.71. The van der Waals surface area contributed by atoms with Gasteiger partial charge in [-0.05, 0) is 43.0 Å². The van der Waals surface area contributed by atoms with Gasteiger partial charge in [-0.1, -0.05) is 59.6 Å². The van der Waals surface area contributed by atoms with Gasteiger partial charge in [-0.3, -0.25) is 4.79 Å². The number of nitrogens with one attached hydrogen (secondary N) is 1. The molecular weight excluding hydrogens is 431 g/mol. The van der Waals surface area contributed by atoms with E-state index in [1.807, 2.05) is 37.3 Å². The van der Waals surface area contributed by atoms with E-state index in [1.165, 1.54) is 4.31 Å². The van der Waals surface area contributed by atoms with Crippen LogP contribution < -0.4 is 5.32 Å². The lowest BCUT2D eigenvalue weighted by Gasteiger charge is -2.32. The summed E-state index contributed by atoms with van der Waals surface area (Å²) in [6, 6.07) is 14.4. The minimum Gasteiger partial charge on any atom is -0.349 e. The van der Waals surface area contributed by atoms with Gasteiger partial charge in [-0.15, -0.1) is 0 Å². The highest BCUT2D eigenvalue weighted by Crippen LogP contribution is 2.26. The number of nitrogens with zero attached hydrogens (tertiary/aromatic N) is 1. The van der Waals surface area contributed by atoms with Gasteiger partial charge in [-0.2, -0.15) is 0 Å². The molecule has 0 aromatic heterocycles. The molecule has 3 rings (SSSR count). The van der Waals surface area contributed by atoms with Gasteiger partial charge in [0.15, 0.2) is 0 Å². The second-order valence-electron chi connectivity index (χ2n) is 7.34. The molecule has 2 atom stereocenters. The van der Waals surface area contributed by atoms with E-state index >= 15 is 0 Å². The van der Waals surface area contributed by atoms with Crippen molar-refractivity contribution in [2.24, 2.45) is 5.92 Å². The number of sulfonamides is 1. The number of hydrogen-bond acceptors (Lipinski definition) is 3. The van der Waals surface area contributed by atoms with Crippen LogP contribution in [0.5, 0.6) is 0 Å². The maximum absolute atomic E-state index is 12.9.